The summed E-state index contributed by atoms with van der Waals surface area (Å²) in [7, 11) is 0. The monoisotopic (exact) mass is 274 g/mol. The molecule has 18 heavy (non-hydrogen) atoms. The first-order valence-electron chi connectivity index (χ1n) is 7.30. The second-order valence-corrected chi connectivity index (χ2v) is 5.66. The molecule has 3 nitrogen and oxygen atoms in total. The molecular formula is C14H27ClN2O. The van der Waals surface area contributed by atoms with Crippen molar-refractivity contribution in [1.29, 1.82) is 0 Å². The SMILES string of the molecule is CCC1CCC(NC(=O)C2CCNCC2)CC1.Cl. The highest BCUT2D eigenvalue weighted by Crippen LogP contribution is 2.26. The van der Waals surface area contributed by atoms with Crippen LogP contribution in [0.1, 0.15) is 51.9 Å². The minimum Gasteiger partial charge on any atom is -0.353 e. The fourth-order valence-electron chi connectivity index (χ4n) is 3.12. The Bertz CT molecular complexity index is 246. The summed E-state index contributed by atoms with van der Waals surface area (Å²) in [4.78, 5) is 12.1. The Morgan fingerprint density at radius 1 is 1.11 bits per heavy atom. The summed E-state index contributed by atoms with van der Waals surface area (Å²) in [5.41, 5.74) is 0. The number of amides is 1. The number of halogens is 1. The van der Waals surface area contributed by atoms with Crippen LogP contribution >= 0.6 is 12.4 Å². The third kappa shape index (κ3) is 4.43. The molecule has 106 valence electrons. The number of hydrogen-bond acceptors (Lipinski definition) is 2. The molecule has 1 saturated carbocycles. The van der Waals surface area contributed by atoms with Gasteiger partial charge in [-0.15, -0.1) is 12.4 Å². The average Bonchev–Trinajstić information content (AvgIpc) is 2.40. The molecule has 0 atom stereocenters. The van der Waals surface area contributed by atoms with E-state index in [0.717, 1.165) is 31.8 Å². The number of rotatable bonds is 3. The predicted octanol–water partition coefficient (Wildman–Crippen LogP) is 2.49. The molecule has 2 N–H and O–H groups in total. The average molecular weight is 275 g/mol. The topological polar surface area (TPSA) is 41.1 Å². The standard InChI is InChI=1S/C14H26N2O.ClH/c1-2-11-3-5-13(6-4-11)16-14(17)12-7-9-15-10-8-12;/h11-13,15H,2-10H2,1H3,(H,16,17);1H. The van der Waals surface area contributed by atoms with Crippen LogP contribution < -0.4 is 10.6 Å². The third-order valence-corrected chi connectivity index (χ3v) is 4.48. The summed E-state index contributed by atoms with van der Waals surface area (Å²) in [5.74, 6) is 1.48. The van der Waals surface area contributed by atoms with E-state index in [1.165, 1.54) is 32.1 Å². The van der Waals surface area contributed by atoms with Gasteiger partial charge in [-0.1, -0.05) is 13.3 Å². The Balaban J connectivity index is 0.00000162. The van der Waals surface area contributed by atoms with Crippen LogP contribution in [0.5, 0.6) is 0 Å². The molecule has 2 fully saturated rings. The molecule has 0 aromatic rings. The molecule has 0 unspecified atom stereocenters. The van der Waals surface area contributed by atoms with E-state index in [2.05, 4.69) is 17.6 Å². The smallest absolute Gasteiger partial charge is 0.223 e. The van der Waals surface area contributed by atoms with Gasteiger partial charge in [-0.05, 0) is 57.5 Å². The van der Waals surface area contributed by atoms with Crippen LogP contribution in [0.3, 0.4) is 0 Å². The Labute approximate surface area is 117 Å². The highest BCUT2D eigenvalue weighted by molar-refractivity contribution is 5.85. The Kier molecular flexibility index (Phi) is 7.02. The zero-order valence-electron chi connectivity index (χ0n) is 11.4. The Hall–Kier alpha value is -0.280. The van der Waals surface area contributed by atoms with Gasteiger partial charge in [0.05, 0.1) is 0 Å². The van der Waals surface area contributed by atoms with Crippen molar-refractivity contribution < 1.29 is 4.79 Å². The minimum atomic E-state index is 0. The van der Waals surface area contributed by atoms with Crippen molar-refractivity contribution in [2.45, 2.75) is 57.9 Å². The van der Waals surface area contributed by atoms with E-state index in [4.69, 9.17) is 0 Å². The van der Waals surface area contributed by atoms with Gasteiger partial charge in [0, 0.05) is 12.0 Å². The summed E-state index contributed by atoms with van der Waals surface area (Å²) >= 11 is 0. The maximum Gasteiger partial charge on any atom is 0.223 e. The fraction of sp³-hybridized carbons (Fsp3) is 0.929. The van der Waals surface area contributed by atoms with E-state index in [0.29, 0.717) is 11.9 Å². The summed E-state index contributed by atoms with van der Waals surface area (Å²) in [6.45, 7) is 4.28. The molecule has 1 aliphatic carbocycles. The molecule has 0 radical (unpaired) electrons. The molecule has 1 aliphatic heterocycles. The zero-order chi connectivity index (χ0) is 12.1. The van der Waals surface area contributed by atoms with Crippen molar-refractivity contribution >= 4 is 18.3 Å². The first kappa shape index (κ1) is 15.8. The van der Waals surface area contributed by atoms with E-state index < -0.39 is 0 Å². The van der Waals surface area contributed by atoms with E-state index in [-0.39, 0.29) is 18.3 Å². The summed E-state index contributed by atoms with van der Waals surface area (Å²) < 4.78 is 0. The van der Waals surface area contributed by atoms with Gasteiger partial charge in [0.15, 0.2) is 0 Å². The molecule has 2 aliphatic rings. The third-order valence-electron chi connectivity index (χ3n) is 4.48. The van der Waals surface area contributed by atoms with Crippen LogP contribution in [0.25, 0.3) is 0 Å². The molecule has 0 aromatic heterocycles. The predicted molar refractivity (Wildman–Crippen MR) is 77.0 cm³/mol. The number of hydrogen-bond donors (Lipinski definition) is 2. The zero-order valence-corrected chi connectivity index (χ0v) is 12.2. The van der Waals surface area contributed by atoms with Gasteiger partial charge >= 0.3 is 0 Å². The van der Waals surface area contributed by atoms with Gasteiger partial charge in [-0.3, -0.25) is 4.79 Å². The van der Waals surface area contributed by atoms with Crippen molar-refractivity contribution in [2.75, 3.05) is 13.1 Å². The maximum absolute atomic E-state index is 12.1. The number of nitrogens with one attached hydrogen (secondary N) is 2. The highest BCUT2D eigenvalue weighted by Gasteiger charge is 2.25. The van der Waals surface area contributed by atoms with Crippen molar-refractivity contribution in [3.63, 3.8) is 0 Å². The van der Waals surface area contributed by atoms with Crippen molar-refractivity contribution in [2.24, 2.45) is 11.8 Å². The normalized spacial score (nSPS) is 29.4. The van der Waals surface area contributed by atoms with Crippen LogP contribution in [-0.2, 0) is 4.79 Å². The first-order chi connectivity index (χ1) is 8.29. The summed E-state index contributed by atoms with van der Waals surface area (Å²) in [6, 6.07) is 0.459. The van der Waals surface area contributed by atoms with Crippen LogP contribution in [0, 0.1) is 11.8 Å². The van der Waals surface area contributed by atoms with E-state index in [1.807, 2.05) is 0 Å². The maximum atomic E-state index is 12.1. The van der Waals surface area contributed by atoms with Gasteiger partial charge < -0.3 is 10.6 Å². The molecule has 1 heterocycles. The van der Waals surface area contributed by atoms with Gasteiger partial charge in [-0.2, -0.15) is 0 Å². The summed E-state index contributed by atoms with van der Waals surface area (Å²) in [5, 5.41) is 6.57. The van der Waals surface area contributed by atoms with Gasteiger partial charge in [-0.25, -0.2) is 0 Å². The second-order valence-electron chi connectivity index (χ2n) is 5.66. The Morgan fingerprint density at radius 3 is 2.28 bits per heavy atom. The quantitative estimate of drug-likeness (QED) is 0.830. The van der Waals surface area contributed by atoms with E-state index in [9.17, 15) is 4.79 Å². The second kappa shape index (κ2) is 8.00. The molecule has 4 heteroatoms. The number of carbonyl (C=O) groups is 1. The van der Waals surface area contributed by atoms with Crippen molar-refractivity contribution in [3.05, 3.63) is 0 Å². The largest absolute Gasteiger partial charge is 0.353 e. The van der Waals surface area contributed by atoms with Crippen molar-refractivity contribution in [3.8, 4) is 0 Å². The van der Waals surface area contributed by atoms with Gasteiger partial charge in [0.2, 0.25) is 5.91 Å². The molecule has 0 spiro atoms. The van der Waals surface area contributed by atoms with Crippen LogP contribution in [0.2, 0.25) is 0 Å². The lowest BCUT2D eigenvalue weighted by atomic mass is 9.84. The first-order valence-corrected chi connectivity index (χ1v) is 7.30. The van der Waals surface area contributed by atoms with Crippen LogP contribution in [0.15, 0.2) is 0 Å². The lowest BCUT2D eigenvalue weighted by Crippen LogP contribution is -2.43. The number of piperidine rings is 1. The fourth-order valence-corrected chi connectivity index (χ4v) is 3.12. The van der Waals surface area contributed by atoms with E-state index >= 15 is 0 Å². The highest BCUT2D eigenvalue weighted by atomic mass is 35.5. The lowest BCUT2D eigenvalue weighted by molar-refractivity contribution is -0.126. The molecular weight excluding hydrogens is 248 g/mol. The molecule has 1 saturated heterocycles. The van der Waals surface area contributed by atoms with E-state index in [1.54, 1.807) is 0 Å². The molecule has 0 aromatic carbocycles. The van der Waals surface area contributed by atoms with Crippen molar-refractivity contribution in [1.82, 2.24) is 10.6 Å². The lowest BCUT2D eigenvalue weighted by Gasteiger charge is -2.30. The summed E-state index contributed by atoms with van der Waals surface area (Å²) in [6.07, 6.45) is 8.30. The molecule has 2 rings (SSSR count). The molecule has 0 bridgehead atoms. The van der Waals surface area contributed by atoms with Crippen LogP contribution in [0.4, 0.5) is 0 Å². The molecule has 1 amide bonds. The van der Waals surface area contributed by atoms with Gasteiger partial charge in [0.25, 0.3) is 0 Å². The minimum absolute atomic E-state index is 0. The van der Waals surface area contributed by atoms with Crippen LogP contribution in [-0.4, -0.2) is 25.0 Å². The van der Waals surface area contributed by atoms with Gasteiger partial charge in [0.1, 0.15) is 0 Å². The Morgan fingerprint density at radius 2 is 1.72 bits per heavy atom. The number of carbonyl (C=O) groups excluding carboxylic acids is 1.